The number of fused-ring (bicyclic) bond motifs is 1. The Bertz CT molecular complexity index is 927. The number of carbonyl (C=O) groups excluding carboxylic acids is 1. The molecule has 1 aromatic heterocycles. The van der Waals surface area contributed by atoms with E-state index in [1.165, 1.54) is 12.1 Å². The highest BCUT2D eigenvalue weighted by atomic mass is 79.9. The fourth-order valence-corrected chi connectivity index (χ4v) is 2.78. The third kappa shape index (κ3) is 3.99. The Hall–Kier alpha value is -2.41. The van der Waals surface area contributed by atoms with Crippen LogP contribution in [0.2, 0.25) is 0 Å². The van der Waals surface area contributed by atoms with Gasteiger partial charge in [-0.05, 0) is 35.9 Å². The largest absolute Gasteiger partial charge is 0.416 e. The second-order valence-corrected chi connectivity index (χ2v) is 6.30. The first-order chi connectivity index (χ1) is 11.8. The van der Waals surface area contributed by atoms with Crippen molar-refractivity contribution >= 4 is 38.4 Å². The molecule has 0 spiro atoms. The molecule has 1 atom stereocenters. The lowest BCUT2D eigenvalue weighted by Crippen LogP contribution is -2.17. The number of amides is 1. The van der Waals surface area contributed by atoms with E-state index in [9.17, 15) is 18.0 Å². The maximum Gasteiger partial charge on any atom is 0.416 e. The normalized spacial score (nSPS) is 12.8. The van der Waals surface area contributed by atoms with Gasteiger partial charge in [-0.2, -0.15) is 13.2 Å². The number of anilines is 1. The zero-order chi connectivity index (χ0) is 18.0. The van der Waals surface area contributed by atoms with Crippen LogP contribution in [0.15, 0.2) is 60.8 Å². The maximum absolute atomic E-state index is 12.8. The molecule has 3 nitrogen and oxygen atoms in total. The van der Waals surface area contributed by atoms with Gasteiger partial charge in [0, 0.05) is 17.3 Å². The highest BCUT2D eigenvalue weighted by molar-refractivity contribution is 9.09. The molecule has 1 unspecified atom stereocenters. The Balaban J connectivity index is 1.80. The van der Waals surface area contributed by atoms with Crippen molar-refractivity contribution in [3.8, 4) is 0 Å². The van der Waals surface area contributed by atoms with E-state index in [1.807, 2.05) is 6.07 Å². The highest BCUT2D eigenvalue weighted by Gasteiger charge is 2.31. The third-order valence-corrected chi connectivity index (χ3v) is 4.55. The predicted molar refractivity (Wildman–Crippen MR) is 93.5 cm³/mol. The second kappa shape index (κ2) is 6.84. The number of aromatic nitrogens is 1. The van der Waals surface area contributed by atoms with E-state index in [4.69, 9.17) is 0 Å². The minimum absolute atomic E-state index is 0.231. The maximum atomic E-state index is 12.8. The number of benzene rings is 2. The summed E-state index contributed by atoms with van der Waals surface area (Å²) in [6.45, 7) is 0. The standard InChI is InChI=1S/C18H12BrF3N2O/c19-16(12-3-1-5-13(9-12)18(20,21)22)17(25)24-14-6-7-15-11(10-14)4-2-8-23-15/h1-10,16H,(H,24,25). The van der Waals surface area contributed by atoms with Gasteiger partial charge in [0.25, 0.3) is 0 Å². The molecular weight excluding hydrogens is 397 g/mol. The minimum Gasteiger partial charge on any atom is -0.325 e. The van der Waals surface area contributed by atoms with Crippen molar-refractivity contribution in [1.82, 2.24) is 4.98 Å². The molecule has 0 bridgehead atoms. The topological polar surface area (TPSA) is 42.0 Å². The van der Waals surface area contributed by atoms with Gasteiger partial charge in [0.15, 0.2) is 0 Å². The first kappa shape index (κ1) is 17.4. The summed E-state index contributed by atoms with van der Waals surface area (Å²) in [6.07, 6.45) is -2.78. The number of nitrogens with zero attached hydrogens (tertiary/aromatic N) is 1. The summed E-state index contributed by atoms with van der Waals surface area (Å²) < 4.78 is 38.4. The van der Waals surface area contributed by atoms with E-state index in [0.717, 1.165) is 23.0 Å². The van der Waals surface area contributed by atoms with E-state index >= 15 is 0 Å². The second-order valence-electron chi connectivity index (χ2n) is 5.39. The molecule has 1 heterocycles. The van der Waals surface area contributed by atoms with Gasteiger partial charge < -0.3 is 5.32 Å². The van der Waals surface area contributed by atoms with Crippen molar-refractivity contribution in [2.24, 2.45) is 0 Å². The van der Waals surface area contributed by atoms with Crippen LogP contribution < -0.4 is 5.32 Å². The van der Waals surface area contributed by atoms with Crippen LogP contribution in [0.25, 0.3) is 10.9 Å². The molecule has 2 aromatic carbocycles. The Labute approximate surface area is 150 Å². The summed E-state index contributed by atoms with van der Waals surface area (Å²) in [4.78, 5) is 15.6. The van der Waals surface area contributed by atoms with Crippen LogP contribution in [0.5, 0.6) is 0 Å². The van der Waals surface area contributed by atoms with Crippen molar-refractivity contribution in [3.05, 3.63) is 71.9 Å². The van der Waals surface area contributed by atoms with Gasteiger partial charge in [-0.15, -0.1) is 0 Å². The van der Waals surface area contributed by atoms with Crippen molar-refractivity contribution in [2.45, 2.75) is 11.0 Å². The lowest BCUT2D eigenvalue weighted by molar-refractivity contribution is -0.137. The molecule has 0 aliphatic carbocycles. The van der Waals surface area contributed by atoms with Gasteiger partial charge in [0.2, 0.25) is 5.91 Å². The quantitative estimate of drug-likeness (QED) is 0.595. The predicted octanol–water partition coefficient (Wildman–Crippen LogP) is 5.33. The summed E-state index contributed by atoms with van der Waals surface area (Å²) in [7, 11) is 0. The number of pyridine rings is 1. The van der Waals surface area contributed by atoms with Gasteiger partial charge in [0.1, 0.15) is 4.83 Å². The van der Waals surface area contributed by atoms with Crippen LogP contribution in [-0.4, -0.2) is 10.9 Å². The Morgan fingerprint density at radius 2 is 1.88 bits per heavy atom. The number of hydrogen-bond acceptors (Lipinski definition) is 2. The monoisotopic (exact) mass is 408 g/mol. The zero-order valence-electron chi connectivity index (χ0n) is 12.7. The number of alkyl halides is 4. The molecule has 0 radical (unpaired) electrons. The molecule has 0 aliphatic rings. The van der Waals surface area contributed by atoms with Crippen molar-refractivity contribution < 1.29 is 18.0 Å². The van der Waals surface area contributed by atoms with Crippen LogP contribution in [-0.2, 0) is 11.0 Å². The Morgan fingerprint density at radius 3 is 2.64 bits per heavy atom. The van der Waals surface area contributed by atoms with Gasteiger partial charge in [-0.3, -0.25) is 9.78 Å². The van der Waals surface area contributed by atoms with Crippen LogP contribution >= 0.6 is 15.9 Å². The summed E-state index contributed by atoms with van der Waals surface area (Å²) in [5.41, 5.74) is 0.768. The summed E-state index contributed by atoms with van der Waals surface area (Å²) >= 11 is 3.17. The first-order valence-electron chi connectivity index (χ1n) is 7.31. The van der Waals surface area contributed by atoms with Gasteiger partial charge >= 0.3 is 6.18 Å². The average Bonchev–Trinajstić information content (AvgIpc) is 2.60. The fourth-order valence-electron chi connectivity index (χ4n) is 2.38. The van der Waals surface area contributed by atoms with Gasteiger partial charge in [-0.1, -0.05) is 40.2 Å². The van der Waals surface area contributed by atoms with E-state index < -0.39 is 22.5 Å². The van der Waals surface area contributed by atoms with E-state index in [2.05, 4.69) is 26.2 Å². The number of hydrogen-bond donors (Lipinski definition) is 1. The number of halogens is 4. The molecule has 0 aliphatic heterocycles. The van der Waals surface area contributed by atoms with Gasteiger partial charge in [-0.25, -0.2) is 0 Å². The van der Waals surface area contributed by atoms with E-state index in [0.29, 0.717) is 5.69 Å². The molecule has 7 heteroatoms. The van der Waals surface area contributed by atoms with E-state index in [-0.39, 0.29) is 5.56 Å². The third-order valence-electron chi connectivity index (χ3n) is 3.61. The van der Waals surface area contributed by atoms with E-state index in [1.54, 1.807) is 30.5 Å². The summed E-state index contributed by atoms with van der Waals surface area (Å²) in [5, 5.41) is 3.55. The minimum atomic E-state index is -4.45. The molecule has 128 valence electrons. The van der Waals surface area contributed by atoms with Crippen LogP contribution in [0, 0.1) is 0 Å². The summed E-state index contributed by atoms with van der Waals surface area (Å²) in [6, 6.07) is 13.5. The van der Waals surface area contributed by atoms with Gasteiger partial charge in [0.05, 0.1) is 11.1 Å². The Kier molecular flexibility index (Phi) is 4.76. The highest BCUT2D eigenvalue weighted by Crippen LogP contribution is 2.33. The fraction of sp³-hybridized carbons (Fsp3) is 0.111. The Morgan fingerprint density at radius 1 is 1.08 bits per heavy atom. The summed E-state index contributed by atoms with van der Waals surface area (Å²) in [5.74, 6) is -0.456. The first-order valence-corrected chi connectivity index (χ1v) is 8.23. The van der Waals surface area contributed by atoms with Crippen LogP contribution in [0.1, 0.15) is 16.0 Å². The smallest absolute Gasteiger partial charge is 0.325 e. The average molecular weight is 409 g/mol. The lowest BCUT2D eigenvalue weighted by atomic mass is 10.1. The number of nitrogens with one attached hydrogen (secondary N) is 1. The molecule has 25 heavy (non-hydrogen) atoms. The molecule has 1 amide bonds. The lowest BCUT2D eigenvalue weighted by Gasteiger charge is -2.14. The SMILES string of the molecule is O=C(Nc1ccc2ncccc2c1)C(Br)c1cccc(C(F)(F)F)c1. The molecule has 3 aromatic rings. The van der Waals surface area contributed by atoms with Crippen LogP contribution in [0.3, 0.4) is 0 Å². The van der Waals surface area contributed by atoms with Crippen LogP contribution in [0.4, 0.5) is 18.9 Å². The van der Waals surface area contributed by atoms with Crippen molar-refractivity contribution in [3.63, 3.8) is 0 Å². The molecule has 1 N–H and O–H groups in total. The van der Waals surface area contributed by atoms with Crippen molar-refractivity contribution in [2.75, 3.05) is 5.32 Å². The molecule has 0 saturated carbocycles. The molecule has 3 rings (SSSR count). The number of carbonyl (C=O) groups is 1. The molecule has 0 fully saturated rings. The van der Waals surface area contributed by atoms with Crippen molar-refractivity contribution in [1.29, 1.82) is 0 Å². The number of rotatable bonds is 3. The molecule has 0 saturated heterocycles. The zero-order valence-corrected chi connectivity index (χ0v) is 14.3. The molecular formula is C18H12BrF3N2O.